The molecular weight excluding hydrogens is 288 g/mol. The molecule has 5 heteroatoms. The van der Waals surface area contributed by atoms with Crippen LogP contribution in [0.5, 0.6) is 0 Å². The number of halogens is 1. The lowest BCUT2D eigenvalue weighted by atomic mass is 10.1. The molecule has 0 spiro atoms. The molecule has 0 aromatic heterocycles. The van der Waals surface area contributed by atoms with Crippen molar-refractivity contribution >= 4 is 23.2 Å². The van der Waals surface area contributed by atoms with Crippen molar-refractivity contribution in [2.45, 2.75) is 25.7 Å². The fourth-order valence-electron chi connectivity index (χ4n) is 2.63. The Morgan fingerprint density at radius 1 is 1.14 bits per heavy atom. The standard InChI is InChI=1S/C16H23ClN2O2/c17-14-6-5-7-15(12-14)19-10-9-18(13-16(19)21)8-3-1-2-4-11-20/h5-7,12,20H,1-4,8-11,13H2. The summed E-state index contributed by atoms with van der Waals surface area (Å²) in [5.74, 6) is 0.138. The van der Waals surface area contributed by atoms with Crippen LogP contribution in [0.15, 0.2) is 24.3 Å². The van der Waals surface area contributed by atoms with Gasteiger partial charge in [0.05, 0.1) is 6.54 Å². The summed E-state index contributed by atoms with van der Waals surface area (Å²) >= 11 is 5.98. The number of unbranched alkanes of at least 4 members (excludes halogenated alkanes) is 3. The molecule has 0 saturated carbocycles. The molecule has 1 N–H and O–H groups in total. The molecule has 0 bridgehead atoms. The van der Waals surface area contributed by atoms with E-state index in [1.807, 2.05) is 29.2 Å². The number of hydrogen-bond donors (Lipinski definition) is 1. The van der Waals surface area contributed by atoms with E-state index in [9.17, 15) is 4.79 Å². The summed E-state index contributed by atoms with van der Waals surface area (Å²) in [5.41, 5.74) is 0.884. The number of rotatable bonds is 7. The van der Waals surface area contributed by atoms with Gasteiger partial charge in [-0.05, 0) is 37.6 Å². The number of carbonyl (C=O) groups excluding carboxylic acids is 1. The average molecular weight is 311 g/mol. The summed E-state index contributed by atoms with van der Waals surface area (Å²) < 4.78 is 0. The lowest BCUT2D eigenvalue weighted by Crippen LogP contribution is -2.50. The van der Waals surface area contributed by atoms with E-state index >= 15 is 0 Å². The fraction of sp³-hybridized carbons (Fsp3) is 0.562. The lowest BCUT2D eigenvalue weighted by molar-refractivity contribution is -0.121. The zero-order valence-corrected chi connectivity index (χ0v) is 13.1. The molecule has 0 unspecified atom stereocenters. The second-order valence-electron chi connectivity index (χ2n) is 5.44. The summed E-state index contributed by atoms with van der Waals surface area (Å²) in [4.78, 5) is 16.3. The van der Waals surface area contributed by atoms with Crippen molar-refractivity contribution in [2.24, 2.45) is 0 Å². The van der Waals surface area contributed by atoms with Crippen LogP contribution in [-0.2, 0) is 4.79 Å². The minimum Gasteiger partial charge on any atom is -0.396 e. The van der Waals surface area contributed by atoms with E-state index in [1.165, 1.54) is 0 Å². The topological polar surface area (TPSA) is 43.8 Å². The van der Waals surface area contributed by atoms with Crippen molar-refractivity contribution in [1.29, 1.82) is 0 Å². The number of amides is 1. The smallest absolute Gasteiger partial charge is 0.241 e. The zero-order valence-electron chi connectivity index (χ0n) is 12.3. The maximum Gasteiger partial charge on any atom is 0.241 e. The van der Waals surface area contributed by atoms with Gasteiger partial charge in [0, 0.05) is 30.4 Å². The molecule has 1 aromatic rings. The van der Waals surface area contributed by atoms with Crippen molar-refractivity contribution in [1.82, 2.24) is 4.90 Å². The minimum atomic E-state index is 0.138. The lowest BCUT2D eigenvalue weighted by Gasteiger charge is -2.34. The molecule has 1 aromatic carbocycles. The predicted molar refractivity (Wildman–Crippen MR) is 85.8 cm³/mol. The molecule has 1 amide bonds. The molecule has 2 rings (SSSR count). The minimum absolute atomic E-state index is 0.138. The van der Waals surface area contributed by atoms with Crippen LogP contribution in [0.3, 0.4) is 0 Å². The number of carbonyl (C=O) groups is 1. The maximum atomic E-state index is 12.3. The van der Waals surface area contributed by atoms with E-state index in [2.05, 4.69) is 4.90 Å². The molecule has 116 valence electrons. The van der Waals surface area contributed by atoms with E-state index in [0.717, 1.165) is 51.0 Å². The number of piperazine rings is 1. The quantitative estimate of drug-likeness (QED) is 0.787. The van der Waals surface area contributed by atoms with Gasteiger partial charge in [0.25, 0.3) is 0 Å². The number of aliphatic hydroxyl groups excluding tert-OH is 1. The van der Waals surface area contributed by atoms with Crippen LogP contribution >= 0.6 is 11.6 Å². The van der Waals surface area contributed by atoms with Gasteiger partial charge in [-0.1, -0.05) is 30.5 Å². The Bertz CT molecular complexity index is 467. The highest BCUT2D eigenvalue weighted by Gasteiger charge is 2.24. The molecule has 21 heavy (non-hydrogen) atoms. The summed E-state index contributed by atoms with van der Waals surface area (Å²) in [6.07, 6.45) is 4.14. The average Bonchev–Trinajstić information content (AvgIpc) is 2.47. The van der Waals surface area contributed by atoms with Crippen LogP contribution in [0.1, 0.15) is 25.7 Å². The Morgan fingerprint density at radius 2 is 1.95 bits per heavy atom. The van der Waals surface area contributed by atoms with Gasteiger partial charge in [0.1, 0.15) is 0 Å². The largest absolute Gasteiger partial charge is 0.396 e. The van der Waals surface area contributed by atoms with Crippen molar-refractivity contribution < 1.29 is 9.90 Å². The van der Waals surface area contributed by atoms with Crippen molar-refractivity contribution in [3.8, 4) is 0 Å². The van der Waals surface area contributed by atoms with Gasteiger partial charge in [-0.25, -0.2) is 0 Å². The highest BCUT2D eigenvalue weighted by molar-refractivity contribution is 6.30. The van der Waals surface area contributed by atoms with Crippen LogP contribution in [0.25, 0.3) is 0 Å². The molecule has 1 heterocycles. The van der Waals surface area contributed by atoms with Crippen LogP contribution in [0, 0.1) is 0 Å². The third-order valence-electron chi connectivity index (χ3n) is 3.80. The molecule has 1 aliphatic rings. The number of anilines is 1. The maximum absolute atomic E-state index is 12.3. The van der Waals surface area contributed by atoms with Crippen molar-refractivity contribution in [3.63, 3.8) is 0 Å². The Labute approximate surface area is 131 Å². The number of nitrogens with zero attached hydrogens (tertiary/aromatic N) is 2. The van der Waals surface area contributed by atoms with Crippen LogP contribution in [0.2, 0.25) is 5.02 Å². The van der Waals surface area contributed by atoms with E-state index in [0.29, 0.717) is 11.6 Å². The van der Waals surface area contributed by atoms with E-state index in [-0.39, 0.29) is 12.5 Å². The van der Waals surface area contributed by atoms with E-state index in [1.54, 1.807) is 0 Å². The molecule has 4 nitrogen and oxygen atoms in total. The monoisotopic (exact) mass is 310 g/mol. The van der Waals surface area contributed by atoms with Crippen molar-refractivity contribution in [3.05, 3.63) is 29.3 Å². The first-order valence-corrected chi connectivity index (χ1v) is 7.97. The Hall–Kier alpha value is -1.10. The highest BCUT2D eigenvalue weighted by atomic mass is 35.5. The van der Waals surface area contributed by atoms with Gasteiger partial charge in [0.15, 0.2) is 0 Å². The number of hydrogen-bond acceptors (Lipinski definition) is 3. The van der Waals surface area contributed by atoms with Gasteiger partial charge in [0.2, 0.25) is 5.91 Å². The second kappa shape index (κ2) is 8.37. The Morgan fingerprint density at radius 3 is 2.67 bits per heavy atom. The third-order valence-corrected chi connectivity index (χ3v) is 4.04. The van der Waals surface area contributed by atoms with Crippen LogP contribution in [0.4, 0.5) is 5.69 Å². The SMILES string of the molecule is O=C1CN(CCCCCCO)CCN1c1cccc(Cl)c1. The predicted octanol–water partition coefficient (Wildman–Crippen LogP) is 2.54. The molecule has 1 saturated heterocycles. The second-order valence-corrected chi connectivity index (χ2v) is 5.88. The normalized spacial score (nSPS) is 16.5. The van der Waals surface area contributed by atoms with Gasteiger partial charge < -0.3 is 10.0 Å². The zero-order chi connectivity index (χ0) is 15.1. The fourth-order valence-corrected chi connectivity index (χ4v) is 2.82. The number of aliphatic hydroxyl groups is 1. The molecule has 1 aliphatic heterocycles. The van der Waals surface area contributed by atoms with Gasteiger partial charge >= 0.3 is 0 Å². The summed E-state index contributed by atoms with van der Waals surface area (Å²) in [7, 11) is 0. The Balaban J connectivity index is 1.78. The summed E-state index contributed by atoms with van der Waals surface area (Å²) in [6, 6.07) is 7.45. The van der Waals surface area contributed by atoms with Crippen molar-refractivity contribution in [2.75, 3.05) is 37.7 Å². The first-order chi connectivity index (χ1) is 10.2. The molecule has 0 aliphatic carbocycles. The summed E-state index contributed by atoms with van der Waals surface area (Å²) in [6.45, 7) is 3.33. The molecule has 1 fully saturated rings. The molecule has 0 atom stereocenters. The molecule has 0 radical (unpaired) electrons. The van der Waals surface area contributed by atoms with Gasteiger partial charge in [-0.15, -0.1) is 0 Å². The summed E-state index contributed by atoms with van der Waals surface area (Å²) in [5, 5.41) is 9.39. The Kier molecular flexibility index (Phi) is 6.49. The highest BCUT2D eigenvalue weighted by Crippen LogP contribution is 2.21. The van der Waals surface area contributed by atoms with Gasteiger partial charge in [-0.2, -0.15) is 0 Å². The molecular formula is C16H23ClN2O2. The van der Waals surface area contributed by atoms with Crippen LogP contribution in [-0.4, -0.2) is 48.7 Å². The number of benzene rings is 1. The third kappa shape index (κ3) is 4.99. The van der Waals surface area contributed by atoms with E-state index in [4.69, 9.17) is 16.7 Å². The first kappa shape index (κ1) is 16.3. The van der Waals surface area contributed by atoms with E-state index < -0.39 is 0 Å². The van der Waals surface area contributed by atoms with Crippen LogP contribution < -0.4 is 4.90 Å². The van der Waals surface area contributed by atoms with Gasteiger partial charge in [-0.3, -0.25) is 9.69 Å². The first-order valence-electron chi connectivity index (χ1n) is 7.60.